The van der Waals surface area contributed by atoms with E-state index in [1.807, 2.05) is 37.3 Å². The lowest BCUT2D eigenvalue weighted by atomic mass is 10.0. The largest absolute Gasteiger partial charge is 0.490 e. The van der Waals surface area contributed by atoms with Crippen LogP contribution in [-0.2, 0) is 4.79 Å². The Morgan fingerprint density at radius 1 is 1.12 bits per heavy atom. The van der Waals surface area contributed by atoms with Gasteiger partial charge in [0.25, 0.3) is 5.91 Å². The van der Waals surface area contributed by atoms with Crippen LogP contribution in [0.15, 0.2) is 42.5 Å². The minimum atomic E-state index is -0.260. The molecular weight excluding hydrogens is 316 g/mol. The van der Waals surface area contributed by atoms with Crippen LogP contribution in [-0.4, -0.2) is 19.1 Å². The monoisotopic (exact) mass is 338 g/mol. The van der Waals surface area contributed by atoms with Crippen LogP contribution in [0.1, 0.15) is 37.8 Å². The molecule has 0 fully saturated rings. The number of carbonyl (C=O) groups is 1. The molecule has 5 nitrogen and oxygen atoms in total. The van der Waals surface area contributed by atoms with E-state index in [4.69, 9.17) is 14.7 Å². The fourth-order valence-electron chi connectivity index (χ4n) is 2.26. The highest BCUT2D eigenvalue weighted by Gasteiger charge is 2.10. The summed E-state index contributed by atoms with van der Waals surface area (Å²) in [5, 5.41) is 11.7. The van der Waals surface area contributed by atoms with Crippen LogP contribution in [0.4, 0.5) is 5.69 Å². The van der Waals surface area contributed by atoms with Crippen molar-refractivity contribution in [3.05, 3.63) is 53.6 Å². The molecule has 0 saturated carbocycles. The van der Waals surface area contributed by atoms with E-state index in [0.29, 0.717) is 29.6 Å². The molecule has 0 radical (unpaired) electrons. The Kier molecular flexibility index (Phi) is 6.41. The highest BCUT2D eigenvalue weighted by atomic mass is 16.5. The first-order chi connectivity index (χ1) is 12.0. The maximum absolute atomic E-state index is 12.1. The molecule has 0 aromatic heterocycles. The third-order valence-electron chi connectivity index (χ3n) is 3.59. The standard InChI is InChI=1S/C20H22N2O3/c1-4-24-19-11-15(12-21)5-10-18(19)25-13-20(23)22-17-8-6-16(7-9-17)14(2)3/h5-11,14H,4,13H2,1-3H3,(H,22,23). The molecule has 0 unspecified atom stereocenters. The molecule has 0 bridgehead atoms. The Bertz CT molecular complexity index is 762. The summed E-state index contributed by atoms with van der Waals surface area (Å²) in [4.78, 5) is 12.1. The zero-order chi connectivity index (χ0) is 18.2. The SMILES string of the molecule is CCOc1cc(C#N)ccc1OCC(=O)Nc1ccc(C(C)C)cc1. The highest BCUT2D eigenvalue weighted by Crippen LogP contribution is 2.28. The zero-order valence-electron chi connectivity index (χ0n) is 14.7. The predicted molar refractivity (Wildman–Crippen MR) is 97.0 cm³/mol. The molecule has 0 aliphatic rings. The van der Waals surface area contributed by atoms with Gasteiger partial charge in [0.2, 0.25) is 0 Å². The number of anilines is 1. The van der Waals surface area contributed by atoms with Gasteiger partial charge in [-0.2, -0.15) is 5.26 Å². The molecule has 2 rings (SSSR count). The first-order valence-electron chi connectivity index (χ1n) is 8.23. The summed E-state index contributed by atoms with van der Waals surface area (Å²) in [6.07, 6.45) is 0. The van der Waals surface area contributed by atoms with Crippen LogP contribution < -0.4 is 14.8 Å². The van der Waals surface area contributed by atoms with Gasteiger partial charge in [-0.25, -0.2) is 0 Å². The van der Waals surface area contributed by atoms with Crippen LogP contribution in [0.3, 0.4) is 0 Å². The maximum Gasteiger partial charge on any atom is 0.262 e. The molecule has 25 heavy (non-hydrogen) atoms. The van der Waals surface area contributed by atoms with Crippen molar-refractivity contribution in [3.8, 4) is 17.6 Å². The van der Waals surface area contributed by atoms with E-state index in [0.717, 1.165) is 5.69 Å². The van der Waals surface area contributed by atoms with E-state index < -0.39 is 0 Å². The average Bonchev–Trinajstić information content (AvgIpc) is 2.61. The van der Waals surface area contributed by atoms with E-state index in [2.05, 4.69) is 19.2 Å². The summed E-state index contributed by atoms with van der Waals surface area (Å²) < 4.78 is 11.0. The van der Waals surface area contributed by atoms with Gasteiger partial charge < -0.3 is 14.8 Å². The molecule has 2 aromatic rings. The van der Waals surface area contributed by atoms with Crippen molar-refractivity contribution in [2.75, 3.05) is 18.5 Å². The van der Waals surface area contributed by atoms with Crippen molar-refractivity contribution in [2.24, 2.45) is 0 Å². The van der Waals surface area contributed by atoms with Crippen LogP contribution in [0.5, 0.6) is 11.5 Å². The number of nitriles is 1. The maximum atomic E-state index is 12.1. The summed E-state index contributed by atoms with van der Waals surface area (Å²) in [5.74, 6) is 1.08. The second-order valence-corrected chi connectivity index (χ2v) is 5.82. The van der Waals surface area contributed by atoms with Gasteiger partial charge >= 0.3 is 0 Å². The molecule has 5 heteroatoms. The van der Waals surface area contributed by atoms with Crippen molar-refractivity contribution >= 4 is 11.6 Å². The summed E-state index contributed by atoms with van der Waals surface area (Å²) >= 11 is 0. The number of benzene rings is 2. The summed E-state index contributed by atoms with van der Waals surface area (Å²) in [5.41, 5.74) is 2.42. The normalized spacial score (nSPS) is 10.2. The van der Waals surface area contributed by atoms with Crippen LogP contribution in [0, 0.1) is 11.3 Å². The van der Waals surface area contributed by atoms with E-state index >= 15 is 0 Å². The topological polar surface area (TPSA) is 71.3 Å². The van der Waals surface area contributed by atoms with Crippen molar-refractivity contribution in [2.45, 2.75) is 26.7 Å². The molecule has 0 aliphatic carbocycles. The minimum absolute atomic E-state index is 0.141. The van der Waals surface area contributed by atoms with Gasteiger partial charge in [-0.05, 0) is 42.7 Å². The summed E-state index contributed by atoms with van der Waals surface area (Å²) in [7, 11) is 0. The summed E-state index contributed by atoms with van der Waals surface area (Å²) in [6, 6.07) is 14.6. The lowest BCUT2D eigenvalue weighted by Gasteiger charge is -2.12. The number of nitrogens with one attached hydrogen (secondary N) is 1. The lowest BCUT2D eigenvalue weighted by molar-refractivity contribution is -0.118. The fraction of sp³-hybridized carbons (Fsp3) is 0.300. The van der Waals surface area contributed by atoms with Crippen LogP contribution in [0.2, 0.25) is 0 Å². The quantitative estimate of drug-likeness (QED) is 0.825. The van der Waals surface area contributed by atoms with Gasteiger partial charge in [0.15, 0.2) is 18.1 Å². The highest BCUT2D eigenvalue weighted by molar-refractivity contribution is 5.91. The number of amides is 1. The Morgan fingerprint density at radius 2 is 1.84 bits per heavy atom. The number of hydrogen-bond donors (Lipinski definition) is 1. The molecule has 1 N–H and O–H groups in total. The second kappa shape index (κ2) is 8.74. The predicted octanol–water partition coefficient (Wildman–Crippen LogP) is 4.10. The van der Waals surface area contributed by atoms with Gasteiger partial charge in [-0.15, -0.1) is 0 Å². The van der Waals surface area contributed by atoms with Crippen molar-refractivity contribution < 1.29 is 14.3 Å². The molecule has 0 atom stereocenters. The Labute approximate surface area is 148 Å². The fourth-order valence-corrected chi connectivity index (χ4v) is 2.26. The molecule has 0 spiro atoms. The van der Waals surface area contributed by atoms with Gasteiger partial charge in [0, 0.05) is 11.8 Å². The van der Waals surface area contributed by atoms with Crippen LogP contribution >= 0.6 is 0 Å². The van der Waals surface area contributed by atoms with Gasteiger partial charge in [-0.3, -0.25) is 4.79 Å². The first kappa shape index (κ1) is 18.3. The van der Waals surface area contributed by atoms with E-state index in [9.17, 15) is 4.79 Å². The Hall–Kier alpha value is -3.00. The Morgan fingerprint density at radius 3 is 2.44 bits per heavy atom. The van der Waals surface area contributed by atoms with Gasteiger partial charge in [0.1, 0.15) is 0 Å². The molecule has 2 aromatic carbocycles. The number of ether oxygens (including phenoxy) is 2. The van der Waals surface area contributed by atoms with Crippen molar-refractivity contribution in [1.29, 1.82) is 5.26 Å². The third-order valence-corrected chi connectivity index (χ3v) is 3.59. The molecule has 130 valence electrons. The average molecular weight is 338 g/mol. The summed E-state index contributed by atoms with van der Waals surface area (Å²) in [6.45, 7) is 6.39. The van der Waals surface area contributed by atoms with Crippen LogP contribution in [0.25, 0.3) is 0 Å². The lowest BCUT2D eigenvalue weighted by Crippen LogP contribution is -2.20. The van der Waals surface area contributed by atoms with Gasteiger partial charge in [0.05, 0.1) is 18.2 Å². The number of hydrogen-bond acceptors (Lipinski definition) is 4. The molecule has 0 saturated heterocycles. The van der Waals surface area contributed by atoms with Gasteiger partial charge in [-0.1, -0.05) is 26.0 Å². The molecule has 0 aliphatic heterocycles. The Balaban J connectivity index is 1.96. The molecule has 1 amide bonds. The smallest absolute Gasteiger partial charge is 0.262 e. The third kappa shape index (κ3) is 5.25. The second-order valence-electron chi connectivity index (χ2n) is 5.82. The number of carbonyl (C=O) groups excluding carboxylic acids is 1. The molecule has 0 heterocycles. The van der Waals surface area contributed by atoms with E-state index in [1.165, 1.54) is 5.56 Å². The van der Waals surface area contributed by atoms with E-state index in [-0.39, 0.29) is 12.5 Å². The minimum Gasteiger partial charge on any atom is -0.490 e. The number of rotatable bonds is 7. The molecular formula is C20H22N2O3. The zero-order valence-corrected chi connectivity index (χ0v) is 14.7. The van der Waals surface area contributed by atoms with E-state index in [1.54, 1.807) is 18.2 Å². The number of nitrogens with zero attached hydrogens (tertiary/aromatic N) is 1. The van der Waals surface area contributed by atoms with Crippen molar-refractivity contribution in [3.63, 3.8) is 0 Å². The first-order valence-corrected chi connectivity index (χ1v) is 8.23. The van der Waals surface area contributed by atoms with Crippen molar-refractivity contribution in [1.82, 2.24) is 0 Å².